The number of pyridine rings is 1. The monoisotopic (exact) mass is 435 g/mol. The van der Waals surface area contributed by atoms with E-state index >= 15 is 0 Å². The fraction of sp³-hybridized carbons (Fsp3) is 0.273. The molecule has 4 rings (SSSR count). The van der Waals surface area contributed by atoms with Gasteiger partial charge < -0.3 is 9.88 Å². The molecule has 1 aliphatic heterocycles. The summed E-state index contributed by atoms with van der Waals surface area (Å²) in [5.74, 6) is -2.01. The third kappa shape index (κ3) is 4.18. The van der Waals surface area contributed by atoms with E-state index in [0.29, 0.717) is 47.4 Å². The van der Waals surface area contributed by atoms with Crippen LogP contribution in [0.2, 0.25) is 5.02 Å². The quantitative estimate of drug-likeness (QED) is 0.672. The molecule has 1 N–H and O–H groups in total. The first-order chi connectivity index (χ1) is 15.0. The number of rotatable bonds is 4. The lowest BCUT2D eigenvalue weighted by Gasteiger charge is -2.31. The third-order valence-electron chi connectivity index (χ3n) is 5.47. The van der Waals surface area contributed by atoms with E-state index in [4.69, 9.17) is 11.6 Å². The minimum Gasteiger partial charge on any atom is -0.339 e. The molecule has 0 radical (unpaired) electrons. The summed E-state index contributed by atoms with van der Waals surface area (Å²) >= 11 is 5.98. The molecule has 31 heavy (non-hydrogen) atoms. The number of carbonyl (C=O) groups excluding carboxylic acids is 2. The van der Waals surface area contributed by atoms with Crippen molar-refractivity contribution in [1.82, 2.24) is 19.9 Å². The standard InChI is InChI=1S/C22H18ClN5O3/c23-15-3-4-16-18(10-15)26-20(27-21(16)30)17(11-24)19(29)13-5-8-28(9-6-13)22(31)14-2-1-7-25-12-14/h1-4,7,10,12-13,17H,5-6,8-9H2,(H,26,27,30)/t17-/m1/s1. The Bertz CT molecular complexity index is 1240. The Balaban J connectivity index is 1.50. The Hall–Kier alpha value is -3.57. The average molecular weight is 436 g/mol. The molecule has 1 amide bonds. The Morgan fingerprint density at radius 3 is 2.71 bits per heavy atom. The van der Waals surface area contributed by atoms with Gasteiger partial charge in [-0.3, -0.25) is 19.4 Å². The van der Waals surface area contributed by atoms with Gasteiger partial charge in [-0.15, -0.1) is 0 Å². The highest BCUT2D eigenvalue weighted by Gasteiger charge is 2.34. The van der Waals surface area contributed by atoms with Gasteiger partial charge in [0.05, 0.1) is 22.5 Å². The number of amides is 1. The number of nitrogens with one attached hydrogen (secondary N) is 1. The Morgan fingerprint density at radius 2 is 2.03 bits per heavy atom. The maximum atomic E-state index is 13.1. The van der Waals surface area contributed by atoms with Gasteiger partial charge in [-0.05, 0) is 43.2 Å². The predicted molar refractivity (Wildman–Crippen MR) is 114 cm³/mol. The summed E-state index contributed by atoms with van der Waals surface area (Å²) in [5.41, 5.74) is 0.400. The second kappa shape index (κ2) is 8.66. The molecule has 3 aromatic rings. The van der Waals surface area contributed by atoms with E-state index in [1.54, 1.807) is 35.4 Å². The van der Waals surface area contributed by atoms with Crippen molar-refractivity contribution in [2.24, 2.45) is 5.92 Å². The lowest BCUT2D eigenvalue weighted by Crippen LogP contribution is -2.41. The summed E-state index contributed by atoms with van der Waals surface area (Å²) in [4.78, 5) is 50.5. The van der Waals surface area contributed by atoms with Crippen LogP contribution in [0.4, 0.5) is 0 Å². The predicted octanol–water partition coefficient (Wildman–Crippen LogP) is 2.70. The Kier molecular flexibility index (Phi) is 5.78. The van der Waals surface area contributed by atoms with Crippen LogP contribution >= 0.6 is 11.6 Å². The molecule has 1 fully saturated rings. The number of Topliss-reactive ketones (excluding diaryl/α,β-unsaturated/α-hetero) is 1. The number of ketones is 1. The molecule has 2 aromatic heterocycles. The lowest BCUT2D eigenvalue weighted by molar-refractivity contribution is -0.124. The largest absolute Gasteiger partial charge is 0.339 e. The van der Waals surface area contributed by atoms with Crippen LogP contribution in [-0.2, 0) is 4.79 Å². The minimum atomic E-state index is -1.19. The molecule has 1 saturated heterocycles. The number of fused-ring (bicyclic) bond motifs is 1. The maximum absolute atomic E-state index is 13.1. The molecule has 0 bridgehead atoms. The fourth-order valence-electron chi connectivity index (χ4n) is 3.80. The molecule has 156 valence electrons. The Morgan fingerprint density at radius 1 is 1.26 bits per heavy atom. The molecule has 0 unspecified atom stereocenters. The van der Waals surface area contributed by atoms with Gasteiger partial charge in [0.1, 0.15) is 5.82 Å². The van der Waals surface area contributed by atoms with Crippen molar-refractivity contribution < 1.29 is 9.59 Å². The van der Waals surface area contributed by atoms with Gasteiger partial charge in [-0.2, -0.15) is 5.26 Å². The first kappa shape index (κ1) is 20.7. The van der Waals surface area contributed by atoms with Crippen molar-refractivity contribution in [3.05, 3.63) is 69.5 Å². The van der Waals surface area contributed by atoms with Crippen molar-refractivity contribution in [1.29, 1.82) is 5.26 Å². The normalized spacial score (nSPS) is 15.4. The first-order valence-corrected chi connectivity index (χ1v) is 10.2. The number of halogens is 1. The van der Waals surface area contributed by atoms with E-state index < -0.39 is 17.4 Å². The second-order valence-corrected chi connectivity index (χ2v) is 7.82. The highest BCUT2D eigenvalue weighted by atomic mass is 35.5. The summed E-state index contributed by atoms with van der Waals surface area (Å²) in [6, 6.07) is 10.0. The zero-order chi connectivity index (χ0) is 22.0. The molecular formula is C22H18ClN5O3. The molecule has 1 atom stereocenters. The van der Waals surface area contributed by atoms with Crippen LogP contribution in [0.5, 0.6) is 0 Å². The molecule has 0 saturated carbocycles. The molecule has 0 aliphatic carbocycles. The molecule has 9 heteroatoms. The number of nitrogens with zero attached hydrogens (tertiary/aromatic N) is 4. The molecule has 1 aliphatic rings. The van der Waals surface area contributed by atoms with E-state index in [9.17, 15) is 19.6 Å². The van der Waals surface area contributed by atoms with Crippen LogP contribution in [0, 0.1) is 17.2 Å². The van der Waals surface area contributed by atoms with Crippen LogP contribution in [0.25, 0.3) is 10.9 Å². The van der Waals surface area contributed by atoms with Crippen LogP contribution in [0.3, 0.4) is 0 Å². The van der Waals surface area contributed by atoms with Gasteiger partial charge >= 0.3 is 0 Å². The van der Waals surface area contributed by atoms with Crippen molar-refractivity contribution in [3.63, 3.8) is 0 Å². The fourth-order valence-corrected chi connectivity index (χ4v) is 3.97. The van der Waals surface area contributed by atoms with E-state index in [2.05, 4.69) is 15.0 Å². The number of carbonyl (C=O) groups is 2. The Labute approximate surface area is 182 Å². The highest BCUT2D eigenvalue weighted by molar-refractivity contribution is 6.31. The van der Waals surface area contributed by atoms with Crippen molar-refractivity contribution in [2.45, 2.75) is 18.8 Å². The zero-order valence-electron chi connectivity index (χ0n) is 16.4. The van der Waals surface area contributed by atoms with E-state index in [1.807, 2.05) is 6.07 Å². The summed E-state index contributed by atoms with van der Waals surface area (Å²) < 4.78 is 0. The van der Waals surface area contributed by atoms with Gasteiger partial charge in [0.25, 0.3) is 11.5 Å². The molecule has 0 spiro atoms. The number of piperidine rings is 1. The van der Waals surface area contributed by atoms with Crippen LogP contribution in [0.1, 0.15) is 34.9 Å². The number of hydrogen-bond donors (Lipinski definition) is 1. The summed E-state index contributed by atoms with van der Waals surface area (Å²) in [5, 5.41) is 10.4. The topological polar surface area (TPSA) is 120 Å². The number of H-pyrrole nitrogens is 1. The average Bonchev–Trinajstić information content (AvgIpc) is 2.79. The number of aromatic amines is 1. The molecule has 3 heterocycles. The summed E-state index contributed by atoms with van der Waals surface area (Å²) in [7, 11) is 0. The van der Waals surface area contributed by atoms with Crippen molar-refractivity contribution in [3.8, 4) is 6.07 Å². The van der Waals surface area contributed by atoms with Crippen molar-refractivity contribution in [2.75, 3.05) is 13.1 Å². The van der Waals surface area contributed by atoms with Gasteiger partial charge in [-0.1, -0.05) is 11.6 Å². The van der Waals surface area contributed by atoms with E-state index in [1.165, 1.54) is 12.3 Å². The van der Waals surface area contributed by atoms with Crippen LogP contribution in [0.15, 0.2) is 47.5 Å². The molecule has 1 aromatic carbocycles. The SMILES string of the molecule is N#C[C@H](C(=O)C1CCN(C(=O)c2cccnc2)CC1)c1nc2cc(Cl)ccc2c(=O)[nH]1. The smallest absolute Gasteiger partial charge is 0.258 e. The molecule has 8 nitrogen and oxygen atoms in total. The number of benzene rings is 1. The number of nitriles is 1. The minimum absolute atomic E-state index is 0.0149. The summed E-state index contributed by atoms with van der Waals surface area (Å²) in [6.07, 6.45) is 3.99. The first-order valence-electron chi connectivity index (χ1n) is 9.80. The van der Waals surface area contributed by atoms with Crippen LogP contribution in [-0.4, -0.2) is 44.6 Å². The second-order valence-electron chi connectivity index (χ2n) is 7.39. The summed E-state index contributed by atoms with van der Waals surface area (Å²) in [6.45, 7) is 0.805. The lowest BCUT2D eigenvalue weighted by atomic mass is 9.85. The van der Waals surface area contributed by atoms with Crippen LogP contribution < -0.4 is 5.56 Å². The highest BCUT2D eigenvalue weighted by Crippen LogP contribution is 2.26. The van der Waals surface area contributed by atoms with Gasteiger partial charge in [-0.25, -0.2) is 4.98 Å². The zero-order valence-corrected chi connectivity index (χ0v) is 17.2. The van der Waals surface area contributed by atoms with Gasteiger partial charge in [0.2, 0.25) is 0 Å². The number of hydrogen-bond acceptors (Lipinski definition) is 6. The third-order valence-corrected chi connectivity index (χ3v) is 5.70. The van der Waals surface area contributed by atoms with Gasteiger partial charge in [0.15, 0.2) is 11.7 Å². The number of aromatic nitrogens is 3. The van der Waals surface area contributed by atoms with E-state index in [-0.39, 0.29) is 17.5 Å². The number of likely N-dealkylation sites (tertiary alicyclic amines) is 1. The van der Waals surface area contributed by atoms with Crippen molar-refractivity contribution >= 4 is 34.2 Å². The maximum Gasteiger partial charge on any atom is 0.258 e. The van der Waals surface area contributed by atoms with Gasteiger partial charge in [0, 0.05) is 36.4 Å². The molecular weight excluding hydrogens is 418 g/mol. The van der Waals surface area contributed by atoms with E-state index in [0.717, 1.165) is 0 Å².